The van der Waals surface area contributed by atoms with Crippen molar-refractivity contribution in [1.82, 2.24) is 14.5 Å². The maximum absolute atomic E-state index is 12.4. The van der Waals surface area contributed by atoms with E-state index >= 15 is 0 Å². The predicted octanol–water partition coefficient (Wildman–Crippen LogP) is 2.67. The predicted molar refractivity (Wildman–Crippen MR) is 98.9 cm³/mol. The van der Waals surface area contributed by atoms with Gasteiger partial charge in [-0.1, -0.05) is 46.0 Å². The Hall–Kier alpha value is -1.01. The summed E-state index contributed by atoms with van der Waals surface area (Å²) in [7, 11) is -2.38. The van der Waals surface area contributed by atoms with Gasteiger partial charge in [-0.3, -0.25) is 10.1 Å². The molecule has 1 aromatic carbocycles. The third kappa shape index (κ3) is 4.99. The van der Waals surface area contributed by atoms with Crippen LogP contribution in [0.4, 0.5) is 5.13 Å². The van der Waals surface area contributed by atoms with Crippen molar-refractivity contribution >= 4 is 60.1 Å². The lowest BCUT2D eigenvalue weighted by atomic mass is 10.4. The Balaban J connectivity index is 2.00. The van der Waals surface area contributed by atoms with Gasteiger partial charge in [-0.05, 0) is 30.0 Å². The largest absolute Gasteiger partial charge is 0.299 e. The number of benzene rings is 1. The molecule has 0 aliphatic heterocycles. The first-order chi connectivity index (χ1) is 11.3. The monoisotopic (exact) mass is 450 g/mol. The summed E-state index contributed by atoms with van der Waals surface area (Å²) in [5.74, 6) is 0.388. The fraction of sp³-hybridized carbons (Fsp3) is 0.308. The molecule has 1 heterocycles. The van der Waals surface area contributed by atoms with E-state index in [2.05, 4.69) is 31.4 Å². The van der Waals surface area contributed by atoms with E-state index in [-0.39, 0.29) is 11.4 Å². The molecule has 0 radical (unpaired) electrons. The van der Waals surface area contributed by atoms with Crippen LogP contribution in [0.25, 0.3) is 0 Å². The van der Waals surface area contributed by atoms with Crippen molar-refractivity contribution in [3.05, 3.63) is 28.7 Å². The van der Waals surface area contributed by atoms with E-state index in [4.69, 9.17) is 0 Å². The number of sulfonamides is 1. The van der Waals surface area contributed by atoms with Gasteiger partial charge in [0.25, 0.3) is 0 Å². The zero-order chi connectivity index (χ0) is 17.7. The van der Waals surface area contributed by atoms with Crippen LogP contribution in [0.1, 0.15) is 6.92 Å². The van der Waals surface area contributed by atoms with E-state index in [1.165, 1.54) is 42.3 Å². The lowest BCUT2D eigenvalue weighted by Crippen LogP contribution is -2.34. The molecule has 0 aliphatic carbocycles. The third-order valence-electron chi connectivity index (χ3n) is 2.81. The van der Waals surface area contributed by atoms with Crippen LogP contribution in [0.5, 0.6) is 0 Å². The number of likely N-dealkylation sites (N-methyl/N-ethyl adjacent to an activating group) is 1. The molecule has 1 amide bonds. The van der Waals surface area contributed by atoms with Crippen LogP contribution in [-0.2, 0) is 14.8 Å². The number of rotatable bonds is 7. The summed E-state index contributed by atoms with van der Waals surface area (Å²) in [4.78, 5) is 12.2. The van der Waals surface area contributed by atoms with Crippen molar-refractivity contribution in [3.63, 3.8) is 0 Å². The van der Waals surface area contributed by atoms with Gasteiger partial charge in [0.2, 0.25) is 21.1 Å². The van der Waals surface area contributed by atoms with Crippen molar-refractivity contribution in [1.29, 1.82) is 0 Å². The van der Waals surface area contributed by atoms with Gasteiger partial charge in [0.15, 0.2) is 4.34 Å². The fourth-order valence-corrected chi connectivity index (χ4v) is 4.73. The number of thioether (sulfide) groups is 1. The van der Waals surface area contributed by atoms with Gasteiger partial charge in [0.05, 0.1) is 11.4 Å². The van der Waals surface area contributed by atoms with Crippen LogP contribution in [-0.4, -0.2) is 48.2 Å². The first kappa shape index (κ1) is 19.3. The van der Waals surface area contributed by atoms with Gasteiger partial charge in [-0.15, -0.1) is 10.2 Å². The Morgan fingerprint density at radius 3 is 2.62 bits per heavy atom. The SMILES string of the molecule is CCSc1nnc(NC(=O)CN(C)S(=O)(=O)c2ccc(Br)cc2)s1. The van der Waals surface area contributed by atoms with Crippen LogP contribution in [0.2, 0.25) is 0 Å². The highest BCUT2D eigenvalue weighted by Gasteiger charge is 2.23. The van der Waals surface area contributed by atoms with Gasteiger partial charge < -0.3 is 0 Å². The summed E-state index contributed by atoms with van der Waals surface area (Å²) in [6.45, 7) is 1.68. The van der Waals surface area contributed by atoms with E-state index in [1.807, 2.05) is 6.92 Å². The highest BCUT2D eigenvalue weighted by Crippen LogP contribution is 2.25. The van der Waals surface area contributed by atoms with Gasteiger partial charge in [0.1, 0.15) is 0 Å². The lowest BCUT2D eigenvalue weighted by Gasteiger charge is -2.16. The van der Waals surface area contributed by atoms with Crippen LogP contribution in [0.15, 0.2) is 38.0 Å². The molecular weight excluding hydrogens is 436 g/mol. The molecule has 0 aliphatic rings. The first-order valence-electron chi connectivity index (χ1n) is 6.81. The third-order valence-corrected chi connectivity index (χ3v) is 7.01. The number of carbonyl (C=O) groups excluding carboxylic acids is 1. The van der Waals surface area contributed by atoms with Crippen molar-refractivity contribution in [2.75, 3.05) is 24.7 Å². The fourth-order valence-electron chi connectivity index (χ4n) is 1.67. The molecule has 0 unspecified atom stereocenters. The molecule has 1 aromatic heterocycles. The highest BCUT2D eigenvalue weighted by molar-refractivity contribution is 9.10. The minimum absolute atomic E-state index is 0.124. The molecule has 7 nitrogen and oxygen atoms in total. The minimum Gasteiger partial charge on any atom is -0.299 e. The van der Waals surface area contributed by atoms with Crippen LogP contribution in [0, 0.1) is 0 Å². The van der Waals surface area contributed by atoms with Crippen molar-refractivity contribution in [2.45, 2.75) is 16.2 Å². The van der Waals surface area contributed by atoms with Crippen molar-refractivity contribution in [2.24, 2.45) is 0 Å². The zero-order valence-electron chi connectivity index (χ0n) is 12.9. The molecule has 1 N–H and O–H groups in total. The van der Waals surface area contributed by atoms with E-state index < -0.39 is 15.9 Å². The molecule has 24 heavy (non-hydrogen) atoms. The zero-order valence-corrected chi connectivity index (χ0v) is 16.9. The van der Waals surface area contributed by atoms with Crippen LogP contribution in [0.3, 0.4) is 0 Å². The normalized spacial score (nSPS) is 11.7. The summed E-state index contributed by atoms with van der Waals surface area (Å²) >= 11 is 6.03. The molecule has 0 spiro atoms. The van der Waals surface area contributed by atoms with E-state index in [0.29, 0.717) is 5.13 Å². The van der Waals surface area contributed by atoms with E-state index in [9.17, 15) is 13.2 Å². The van der Waals surface area contributed by atoms with Gasteiger partial charge in [-0.25, -0.2) is 8.42 Å². The first-order valence-corrected chi connectivity index (χ1v) is 10.8. The Morgan fingerprint density at radius 1 is 1.33 bits per heavy atom. The maximum atomic E-state index is 12.4. The second-order valence-corrected chi connectivity index (χ2v) is 10.0. The Kier molecular flexibility index (Phi) is 6.75. The molecule has 0 saturated carbocycles. The minimum atomic E-state index is -3.73. The summed E-state index contributed by atoms with van der Waals surface area (Å²) in [6, 6.07) is 6.23. The standard InChI is InChI=1S/C13H15BrN4O3S3/c1-3-22-13-17-16-12(23-13)15-11(19)8-18(2)24(20,21)10-6-4-9(14)5-7-10/h4-7H,3,8H2,1-2H3,(H,15,16,19). The number of hydrogen-bond donors (Lipinski definition) is 1. The van der Waals surface area contributed by atoms with Crippen molar-refractivity contribution in [3.8, 4) is 0 Å². The second kappa shape index (κ2) is 8.39. The van der Waals surface area contributed by atoms with Gasteiger partial charge in [0, 0.05) is 11.5 Å². The number of nitrogens with zero attached hydrogens (tertiary/aromatic N) is 3. The van der Waals surface area contributed by atoms with Crippen LogP contribution >= 0.6 is 39.0 Å². The Morgan fingerprint density at radius 2 is 2.00 bits per heavy atom. The number of aromatic nitrogens is 2. The molecule has 0 atom stereocenters. The summed E-state index contributed by atoms with van der Waals surface area (Å²) in [5.41, 5.74) is 0. The number of amides is 1. The highest BCUT2D eigenvalue weighted by atomic mass is 79.9. The molecule has 0 saturated heterocycles. The number of nitrogens with one attached hydrogen (secondary N) is 1. The molecule has 11 heteroatoms. The van der Waals surface area contributed by atoms with E-state index in [1.54, 1.807) is 12.1 Å². The van der Waals surface area contributed by atoms with Crippen LogP contribution < -0.4 is 5.32 Å². The maximum Gasteiger partial charge on any atom is 0.243 e. The average molecular weight is 451 g/mol. The Labute approximate surface area is 157 Å². The lowest BCUT2D eigenvalue weighted by molar-refractivity contribution is -0.116. The summed E-state index contributed by atoms with van der Waals surface area (Å²) < 4.78 is 27.4. The molecule has 0 bridgehead atoms. The quantitative estimate of drug-likeness (QED) is 0.514. The topological polar surface area (TPSA) is 92.3 Å². The molecule has 0 fully saturated rings. The molecule has 130 valence electrons. The Bertz CT molecular complexity index is 808. The van der Waals surface area contributed by atoms with Gasteiger partial charge >= 0.3 is 0 Å². The van der Waals surface area contributed by atoms with Crippen molar-refractivity contribution < 1.29 is 13.2 Å². The average Bonchev–Trinajstić information content (AvgIpc) is 2.95. The smallest absolute Gasteiger partial charge is 0.243 e. The molecular formula is C13H15BrN4O3S3. The number of anilines is 1. The summed E-state index contributed by atoms with van der Waals surface area (Å²) in [5, 5.41) is 10.7. The van der Waals surface area contributed by atoms with E-state index in [0.717, 1.165) is 18.9 Å². The number of halogens is 1. The molecule has 2 aromatic rings. The summed E-state index contributed by atoms with van der Waals surface area (Å²) in [6.07, 6.45) is 0. The number of hydrogen-bond acceptors (Lipinski definition) is 7. The second-order valence-electron chi connectivity index (χ2n) is 4.57. The number of carbonyl (C=O) groups is 1. The van der Waals surface area contributed by atoms with Gasteiger partial charge in [-0.2, -0.15) is 4.31 Å². The molecule has 2 rings (SSSR count).